The van der Waals surface area contributed by atoms with E-state index in [1.54, 1.807) is 24.4 Å². The number of aliphatic hydroxyl groups excluding tert-OH is 2. The fourth-order valence-electron chi connectivity index (χ4n) is 3.01. The molecular weight excluding hydrogens is 366 g/mol. The quantitative estimate of drug-likeness (QED) is 0.657. The first-order chi connectivity index (χ1) is 13.4. The van der Waals surface area contributed by atoms with Crippen LogP contribution in [0, 0.1) is 0 Å². The van der Waals surface area contributed by atoms with Gasteiger partial charge in [0.2, 0.25) is 12.2 Å². The zero-order chi connectivity index (χ0) is 20.1. The van der Waals surface area contributed by atoms with Crippen molar-refractivity contribution in [1.82, 2.24) is 9.55 Å². The monoisotopic (exact) mass is 389 g/mol. The summed E-state index contributed by atoms with van der Waals surface area (Å²) in [6.45, 7) is 1.35. The standard InChI is InChI=1S/C19H23N3O6/c1-12(24)20-17-6-7-22(19(26)21-17)10-13-4-2-3-5-16(13)28-18-9-14(25)8-15(11-23)27-18/h2-7,14-15,18,23,25H,8-11H2,1H3,(H,20,21,24,26)/t14-,15-,18-/m0/s1. The molecule has 1 fully saturated rings. The van der Waals surface area contributed by atoms with Crippen LogP contribution in [-0.4, -0.2) is 50.8 Å². The van der Waals surface area contributed by atoms with Crippen molar-refractivity contribution in [3.05, 3.63) is 52.6 Å². The summed E-state index contributed by atoms with van der Waals surface area (Å²) in [6.07, 6.45) is 0.404. The number of carbonyl (C=O) groups is 1. The van der Waals surface area contributed by atoms with Gasteiger partial charge in [-0.1, -0.05) is 18.2 Å². The predicted molar refractivity (Wildman–Crippen MR) is 100.0 cm³/mol. The molecule has 2 heterocycles. The van der Waals surface area contributed by atoms with Crippen LogP contribution in [0.2, 0.25) is 0 Å². The Labute approximate surface area is 161 Å². The lowest BCUT2D eigenvalue weighted by Crippen LogP contribution is -2.40. The lowest BCUT2D eigenvalue weighted by Gasteiger charge is -2.32. The van der Waals surface area contributed by atoms with Crippen LogP contribution in [0.15, 0.2) is 41.3 Å². The van der Waals surface area contributed by atoms with Crippen LogP contribution in [0.1, 0.15) is 25.3 Å². The minimum absolute atomic E-state index is 0.193. The van der Waals surface area contributed by atoms with Crippen LogP contribution in [0.25, 0.3) is 0 Å². The molecule has 0 unspecified atom stereocenters. The Hall–Kier alpha value is -2.75. The van der Waals surface area contributed by atoms with Crippen LogP contribution in [0.5, 0.6) is 5.75 Å². The van der Waals surface area contributed by atoms with Gasteiger partial charge in [-0.15, -0.1) is 0 Å². The molecule has 9 heteroatoms. The maximum Gasteiger partial charge on any atom is 0.349 e. The third-order valence-electron chi connectivity index (χ3n) is 4.30. The molecule has 28 heavy (non-hydrogen) atoms. The molecule has 3 N–H and O–H groups in total. The van der Waals surface area contributed by atoms with Crippen molar-refractivity contribution in [2.75, 3.05) is 11.9 Å². The second kappa shape index (κ2) is 8.96. The van der Waals surface area contributed by atoms with Gasteiger partial charge in [-0.3, -0.25) is 9.36 Å². The second-order valence-corrected chi connectivity index (χ2v) is 6.63. The zero-order valence-electron chi connectivity index (χ0n) is 15.4. The van der Waals surface area contributed by atoms with E-state index in [1.165, 1.54) is 11.5 Å². The lowest BCUT2D eigenvalue weighted by atomic mass is 10.1. The molecule has 1 saturated heterocycles. The summed E-state index contributed by atoms with van der Waals surface area (Å²) in [5, 5.41) is 21.7. The van der Waals surface area contributed by atoms with Crippen LogP contribution in [0.4, 0.5) is 5.82 Å². The molecule has 1 amide bonds. The van der Waals surface area contributed by atoms with E-state index in [0.717, 1.165) is 5.56 Å². The van der Waals surface area contributed by atoms with Gasteiger partial charge in [-0.05, 0) is 12.1 Å². The molecule has 150 valence electrons. The number of benzene rings is 1. The van der Waals surface area contributed by atoms with Gasteiger partial charge in [0.1, 0.15) is 11.6 Å². The number of aliphatic hydroxyl groups is 2. The minimum atomic E-state index is -0.695. The van der Waals surface area contributed by atoms with Gasteiger partial charge in [0.05, 0.1) is 25.4 Å². The Morgan fingerprint density at radius 2 is 2.14 bits per heavy atom. The highest BCUT2D eigenvalue weighted by molar-refractivity contribution is 5.87. The maximum atomic E-state index is 12.2. The summed E-state index contributed by atoms with van der Waals surface area (Å²) in [4.78, 5) is 27.1. The number of nitrogens with zero attached hydrogens (tertiary/aromatic N) is 2. The van der Waals surface area contributed by atoms with Crippen LogP contribution < -0.4 is 15.7 Å². The fourth-order valence-corrected chi connectivity index (χ4v) is 3.01. The topological polar surface area (TPSA) is 123 Å². The molecule has 1 aromatic carbocycles. The average Bonchev–Trinajstić information content (AvgIpc) is 2.64. The molecule has 0 radical (unpaired) electrons. The van der Waals surface area contributed by atoms with Crippen molar-refractivity contribution in [3.63, 3.8) is 0 Å². The van der Waals surface area contributed by atoms with Crippen molar-refractivity contribution in [2.45, 2.75) is 44.8 Å². The fraction of sp³-hybridized carbons (Fsp3) is 0.421. The molecule has 0 spiro atoms. The molecule has 0 saturated carbocycles. The Morgan fingerprint density at radius 1 is 1.36 bits per heavy atom. The van der Waals surface area contributed by atoms with Crippen molar-refractivity contribution >= 4 is 11.7 Å². The number of rotatable bonds is 6. The molecular formula is C19H23N3O6. The van der Waals surface area contributed by atoms with Gasteiger partial charge in [0, 0.05) is 31.5 Å². The van der Waals surface area contributed by atoms with E-state index >= 15 is 0 Å². The molecule has 3 rings (SSSR count). The van der Waals surface area contributed by atoms with Gasteiger partial charge in [0.25, 0.3) is 0 Å². The van der Waals surface area contributed by atoms with Crippen molar-refractivity contribution < 1.29 is 24.5 Å². The van der Waals surface area contributed by atoms with E-state index in [4.69, 9.17) is 9.47 Å². The normalized spacial score (nSPS) is 21.9. The summed E-state index contributed by atoms with van der Waals surface area (Å²) in [5.41, 5.74) is 0.216. The molecule has 2 aromatic rings. The molecule has 0 bridgehead atoms. The number of para-hydroxylation sites is 1. The summed E-state index contributed by atoms with van der Waals surface area (Å²) < 4.78 is 12.9. The first-order valence-corrected chi connectivity index (χ1v) is 8.98. The highest BCUT2D eigenvalue weighted by atomic mass is 16.7. The third kappa shape index (κ3) is 5.16. The molecule has 1 aliphatic heterocycles. The highest BCUT2D eigenvalue weighted by Crippen LogP contribution is 2.26. The van der Waals surface area contributed by atoms with Gasteiger partial charge in [0.15, 0.2) is 0 Å². The average molecular weight is 389 g/mol. The lowest BCUT2D eigenvalue weighted by molar-refractivity contribution is -0.184. The molecule has 9 nitrogen and oxygen atoms in total. The smallest absolute Gasteiger partial charge is 0.349 e. The van der Waals surface area contributed by atoms with Gasteiger partial charge < -0.3 is 25.0 Å². The largest absolute Gasteiger partial charge is 0.464 e. The van der Waals surface area contributed by atoms with Crippen LogP contribution in [0.3, 0.4) is 0 Å². The summed E-state index contributed by atoms with van der Waals surface area (Å²) in [6, 6.07) is 8.71. The van der Waals surface area contributed by atoms with Gasteiger partial charge in [-0.2, -0.15) is 4.98 Å². The number of hydrogen-bond donors (Lipinski definition) is 3. The van der Waals surface area contributed by atoms with Crippen LogP contribution in [-0.2, 0) is 16.1 Å². The van der Waals surface area contributed by atoms with Crippen molar-refractivity contribution in [1.29, 1.82) is 0 Å². The Kier molecular flexibility index (Phi) is 6.40. The number of hydrogen-bond acceptors (Lipinski definition) is 7. The van der Waals surface area contributed by atoms with Gasteiger partial charge >= 0.3 is 5.69 Å². The predicted octanol–water partition coefficient (Wildman–Crippen LogP) is 0.487. The first-order valence-electron chi connectivity index (χ1n) is 8.98. The van der Waals surface area contributed by atoms with E-state index < -0.39 is 24.2 Å². The van der Waals surface area contributed by atoms with Crippen molar-refractivity contribution in [3.8, 4) is 5.75 Å². The number of amides is 1. The number of ether oxygens (including phenoxy) is 2. The SMILES string of the molecule is CC(=O)Nc1ccn(Cc2ccccc2O[C@H]2C[C@@H](O)C[C@@H](CO)O2)c(=O)n1. The van der Waals surface area contributed by atoms with E-state index in [0.29, 0.717) is 12.2 Å². The van der Waals surface area contributed by atoms with E-state index in [-0.39, 0.29) is 31.3 Å². The highest BCUT2D eigenvalue weighted by Gasteiger charge is 2.29. The van der Waals surface area contributed by atoms with Crippen LogP contribution >= 0.6 is 0 Å². The molecule has 1 aliphatic rings. The Morgan fingerprint density at radius 3 is 2.86 bits per heavy atom. The summed E-state index contributed by atoms with van der Waals surface area (Å²) >= 11 is 0. The number of anilines is 1. The summed E-state index contributed by atoms with van der Waals surface area (Å²) in [5.74, 6) is 0.397. The number of aromatic nitrogens is 2. The number of nitrogens with one attached hydrogen (secondary N) is 1. The second-order valence-electron chi connectivity index (χ2n) is 6.63. The molecule has 3 atom stereocenters. The Bertz CT molecular complexity index is 884. The zero-order valence-corrected chi connectivity index (χ0v) is 15.4. The molecule has 1 aromatic heterocycles. The third-order valence-corrected chi connectivity index (χ3v) is 4.30. The summed E-state index contributed by atoms with van der Waals surface area (Å²) in [7, 11) is 0. The van der Waals surface area contributed by atoms with E-state index in [2.05, 4.69) is 10.3 Å². The van der Waals surface area contributed by atoms with Crippen molar-refractivity contribution in [2.24, 2.45) is 0 Å². The van der Waals surface area contributed by atoms with E-state index in [9.17, 15) is 19.8 Å². The van der Waals surface area contributed by atoms with Gasteiger partial charge in [-0.25, -0.2) is 4.79 Å². The first kappa shape index (κ1) is 20.0. The molecule has 0 aliphatic carbocycles. The Balaban J connectivity index is 1.75. The maximum absolute atomic E-state index is 12.2. The van der Waals surface area contributed by atoms with E-state index in [1.807, 2.05) is 12.1 Å². The minimum Gasteiger partial charge on any atom is -0.464 e. The number of carbonyl (C=O) groups excluding carboxylic acids is 1.